The lowest BCUT2D eigenvalue weighted by atomic mass is 10.1. The van der Waals surface area contributed by atoms with E-state index in [0.29, 0.717) is 48.6 Å². The van der Waals surface area contributed by atoms with Gasteiger partial charge in [-0.05, 0) is 34.7 Å². The highest BCUT2D eigenvalue weighted by molar-refractivity contribution is 7.19. The van der Waals surface area contributed by atoms with Crippen molar-refractivity contribution in [1.29, 1.82) is 0 Å². The van der Waals surface area contributed by atoms with Crippen LogP contribution in [0.15, 0.2) is 23.4 Å². The number of aromatic nitrogens is 1. The first-order valence-corrected chi connectivity index (χ1v) is 10.8. The molecule has 5 N–H and O–H groups in total. The maximum Gasteiger partial charge on any atom is 0.341 e. The van der Waals surface area contributed by atoms with Gasteiger partial charge in [0.1, 0.15) is 5.69 Å². The summed E-state index contributed by atoms with van der Waals surface area (Å²) in [4.78, 5) is 48.3. The van der Waals surface area contributed by atoms with E-state index in [2.05, 4.69) is 26.1 Å². The number of nitrogens with zero attached hydrogens (tertiary/aromatic N) is 1. The predicted octanol–water partition coefficient (Wildman–Crippen LogP) is 2.40. The number of carboxylic acids is 1. The number of benzene rings is 1. The molecule has 0 spiro atoms. The van der Waals surface area contributed by atoms with Crippen molar-refractivity contribution in [3.8, 4) is 0 Å². The normalized spacial score (nSPS) is 10.5. The van der Waals surface area contributed by atoms with Crippen molar-refractivity contribution in [1.82, 2.24) is 0 Å². The molecular formula is C20H26N5O7S+. The number of carboxylic acid groups (broad SMARTS) is 1. The minimum absolute atomic E-state index is 0.0472. The van der Waals surface area contributed by atoms with E-state index in [9.17, 15) is 19.3 Å². The van der Waals surface area contributed by atoms with Gasteiger partial charge in [-0.15, -0.1) is 4.91 Å². The zero-order valence-electron chi connectivity index (χ0n) is 18.2. The number of aryl methyl sites for hydroxylation is 1. The number of rotatable bonds is 14. The maximum absolute atomic E-state index is 12.7. The van der Waals surface area contributed by atoms with Gasteiger partial charge in [-0.2, -0.15) is 5.32 Å². The molecule has 0 bridgehead atoms. The molecule has 13 heteroatoms. The van der Waals surface area contributed by atoms with Crippen molar-refractivity contribution in [2.45, 2.75) is 20.3 Å². The molecule has 2 rings (SSSR count). The third-order valence-corrected chi connectivity index (χ3v) is 5.10. The van der Waals surface area contributed by atoms with Gasteiger partial charge in [0, 0.05) is 26.1 Å². The summed E-state index contributed by atoms with van der Waals surface area (Å²) in [6, 6.07) is 4.89. The molecule has 33 heavy (non-hydrogen) atoms. The highest BCUT2D eigenvalue weighted by Gasteiger charge is 2.21. The average molecular weight is 481 g/mol. The van der Waals surface area contributed by atoms with Crippen molar-refractivity contribution in [2.75, 3.05) is 48.9 Å². The number of thiazole rings is 1. The molecule has 0 aliphatic heterocycles. The van der Waals surface area contributed by atoms with Gasteiger partial charge in [0.05, 0.1) is 44.1 Å². The number of nitroso groups, excluding NO2 is 1. The molecule has 1 heterocycles. The van der Waals surface area contributed by atoms with Crippen LogP contribution < -0.4 is 20.9 Å². The standard InChI is InChI=1S/C20H25N5O7S/c1-12-19(25-30)33-20(22-12)24-18(29)15-4-3-14(11-16(15)23-13(2)26)21-6-8-32-10-9-31-7-5-17(27)28/h3-4,11,21H,5-10H2,1-2H3,(H,23,26)(H,27,28)(H,22,24,29)/p+1. The lowest BCUT2D eigenvalue weighted by Gasteiger charge is -2.12. The fourth-order valence-corrected chi connectivity index (χ4v) is 3.41. The van der Waals surface area contributed by atoms with Crippen LogP contribution in [-0.4, -0.2) is 55.9 Å². The Morgan fingerprint density at radius 3 is 2.48 bits per heavy atom. The molecule has 0 atom stereocenters. The highest BCUT2D eigenvalue weighted by Crippen LogP contribution is 2.28. The number of H-pyrrole nitrogens is 1. The van der Waals surface area contributed by atoms with Crippen molar-refractivity contribution in [2.24, 2.45) is 5.18 Å². The van der Waals surface area contributed by atoms with Gasteiger partial charge in [-0.25, -0.2) is 9.78 Å². The predicted molar refractivity (Wildman–Crippen MR) is 122 cm³/mol. The Morgan fingerprint density at radius 1 is 1.12 bits per heavy atom. The van der Waals surface area contributed by atoms with Crippen LogP contribution in [0.25, 0.3) is 0 Å². The topological polar surface area (TPSA) is 170 Å². The zero-order chi connectivity index (χ0) is 24.2. The molecule has 2 amide bonds. The first-order valence-electron chi connectivity index (χ1n) is 10.0. The van der Waals surface area contributed by atoms with E-state index in [1.54, 1.807) is 25.1 Å². The van der Waals surface area contributed by atoms with Crippen molar-refractivity contribution >= 4 is 50.6 Å². The Balaban J connectivity index is 1.89. The number of amides is 2. The summed E-state index contributed by atoms with van der Waals surface area (Å²) in [5.41, 5.74) is 1.77. The van der Waals surface area contributed by atoms with Gasteiger partial charge in [0.2, 0.25) is 10.9 Å². The van der Waals surface area contributed by atoms with E-state index in [1.165, 1.54) is 6.92 Å². The van der Waals surface area contributed by atoms with Crippen molar-refractivity contribution < 1.29 is 33.9 Å². The number of anilines is 3. The number of hydrogen-bond donors (Lipinski definition) is 4. The third-order valence-electron chi connectivity index (χ3n) is 4.11. The number of aliphatic carboxylic acids is 1. The minimum atomic E-state index is -0.911. The minimum Gasteiger partial charge on any atom is -0.481 e. The molecule has 0 fully saturated rings. The molecule has 0 saturated carbocycles. The number of carbonyl (C=O) groups is 3. The van der Waals surface area contributed by atoms with Crippen LogP contribution >= 0.6 is 11.3 Å². The maximum atomic E-state index is 12.7. The summed E-state index contributed by atoms with van der Waals surface area (Å²) in [6.45, 7) is 4.62. The molecule has 0 aliphatic carbocycles. The molecule has 0 saturated heterocycles. The Labute approximate surface area is 193 Å². The van der Waals surface area contributed by atoms with E-state index in [0.717, 1.165) is 11.3 Å². The Bertz CT molecular complexity index is 995. The molecule has 1 aromatic carbocycles. The van der Waals surface area contributed by atoms with Crippen molar-refractivity contribution in [3.63, 3.8) is 0 Å². The first-order chi connectivity index (χ1) is 15.8. The fourth-order valence-electron chi connectivity index (χ4n) is 2.63. The van der Waals surface area contributed by atoms with Gasteiger partial charge in [0.15, 0.2) is 0 Å². The van der Waals surface area contributed by atoms with E-state index in [-0.39, 0.29) is 29.5 Å². The Kier molecular flexibility index (Phi) is 10.3. The smallest absolute Gasteiger partial charge is 0.341 e. The number of aromatic amines is 1. The average Bonchev–Trinajstić information content (AvgIpc) is 3.10. The van der Waals surface area contributed by atoms with E-state index < -0.39 is 11.9 Å². The Hall–Kier alpha value is -3.42. The first kappa shape index (κ1) is 25.8. The fraction of sp³-hybridized carbons (Fsp3) is 0.400. The molecule has 12 nitrogen and oxygen atoms in total. The molecule has 1 aromatic heterocycles. The van der Waals surface area contributed by atoms with Gasteiger partial charge >= 0.3 is 17.0 Å². The van der Waals surface area contributed by atoms with Crippen LogP contribution in [0.1, 0.15) is 29.4 Å². The molecule has 0 aliphatic rings. The largest absolute Gasteiger partial charge is 0.481 e. The lowest BCUT2D eigenvalue weighted by Crippen LogP contribution is -2.20. The lowest BCUT2D eigenvalue weighted by molar-refractivity contribution is -0.363. The second kappa shape index (κ2) is 13.2. The summed E-state index contributed by atoms with van der Waals surface area (Å²) in [5.74, 6) is -1.71. The van der Waals surface area contributed by atoms with Crippen LogP contribution in [0.5, 0.6) is 0 Å². The molecular weight excluding hydrogens is 454 g/mol. The Morgan fingerprint density at radius 2 is 1.85 bits per heavy atom. The summed E-state index contributed by atoms with van der Waals surface area (Å²) >= 11 is 1.01. The number of nitrogens with one attached hydrogen (secondary N) is 4. The van der Waals surface area contributed by atoms with Crippen LogP contribution in [0.4, 0.5) is 21.5 Å². The van der Waals surface area contributed by atoms with E-state index >= 15 is 0 Å². The van der Waals surface area contributed by atoms with Gasteiger partial charge < -0.3 is 25.2 Å². The molecule has 178 valence electrons. The number of hydrogen-bond acceptors (Lipinski definition) is 9. The SMILES string of the molecule is CC(=O)Nc1cc(NCCOCCOCCC(=O)O)ccc1C(=O)Nc1[nH+]c(C)c(N=O)s1. The van der Waals surface area contributed by atoms with Crippen LogP contribution in [0, 0.1) is 11.8 Å². The third kappa shape index (κ3) is 8.92. The summed E-state index contributed by atoms with van der Waals surface area (Å²) < 4.78 is 10.5. The van der Waals surface area contributed by atoms with Crippen LogP contribution in [0.3, 0.4) is 0 Å². The quantitative estimate of drug-likeness (QED) is 0.236. The number of carbonyl (C=O) groups excluding carboxylic acids is 2. The van der Waals surface area contributed by atoms with E-state index in [1.807, 2.05) is 0 Å². The van der Waals surface area contributed by atoms with Gasteiger partial charge in [0.25, 0.3) is 0 Å². The summed E-state index contributed by atoms with van der Waals surface area (Å²) in [7, 11) is 0. The molecule has 2 aromatic rings. The summed E-state index contributed by atoms with van der Waals surface area (Å²) in [5, 5.41) is 20.4. The number of ether oxygens (including phenoxy) is 2. The van der Waals surface area contributed by atoms with Gasteiger partial charge in [-0.3, -0.25) is 9.59 Å². The second-order valence-electron chi connectivity index (χ2n) is 6.77. The van der Waals surface area contributed by atoms with Crippen LogP contribution in [-0.2, 0) is 19.1 Å². The van der Waals surface area contributed by atoms with E-state index in [4.69, 9.17) is 14.6 Å². The second-order valence-corrected chi connectivity index (χ2v) is 7.77. The molecule has 0 unspecified atom stereocenters. The monoisotopic (exact) mass is 480 g/mol. The van der Waals surface area contributed by atoms with Crippen molar-refractivity contribution in [3.05, 3.63) is 34.4 Å². The van der Waals surface area contributed by atoms with Gasteiger partial charge in [-0.1, -0.05) is 0 Å². The zero-order valence-corrected chi connectivity index (χ0v) is 19.0. The highest BCUT2D eigenvalue weighted by atomic mass is 32.1. The van der Waals surface area contributed by atoms with Crippen LogP contribution in [0.2, 0.25) is 0 Å². The summed E-state index contributed by atoms with van der Waals surface area (Å²) in [6.07, 6.45) is -0.0472. The molecule has 0 radical (unpaired) electrons.